The zero-order valence-electron chi connectivity index (χ0n) is 20.5. The number of para-hydroxylation sites is 1. The first-order valence-electron chi connectivity index (χ1n) is 11.7. The Labute approximate surface area is 230 Å². The molecule has 1 amide bonds. The van der Waals surface area contributed by atoms with Gasteiger partial charge in [-0.3, -0.25) is 14.3 Å². The number of carbonyl (C=O) groups is 1. The SMILES string of the molecule is Cc1ccccc1-n1c(SCc2nc(C(=O)NCc3cccc(C(F)(F)F)c3)cs2)nnc1-c1cccnc1. The number of rotatable bonds is 8. The van der Waals surface area contributed by atoms with Crippen LogP contribution in [0.1, 0.15) is 32.2 Å². The Morgan fingerprint density at radius 3 is 2.69 bits per heavy atom. The van der Waals surface area contributed by atoms with Crippen LogP contribution in [0.2, 0.25) is 0 Å². The summed E-state index contributed by atoms with van der Waals surface area (Å²) in [5, 5.41) is 14.5. The Bertz CT molecular complexity index is 1600. The maximum atomic E-state index is 12.9. The molecular formula is C27H21F3N6OS2. The molecule has 0 aliphatic rings. The highest BCUT2D eigenvalue weighted by Gasteiger charge is 2.30. The standard InChI is InChI=1S/C27H21F3N6OS2/c1-17-6-2-3-10-22(17)36-24(19-8-5-11-31-14-19)34-35-26(36)39-16-23-33-21(15-38-23)25(37)32-13-18-7-4-9-20(12-18)27(28,29)30/h2-12,14-15H,13,16H2,1H3,(H,32,37). The molecule has 0 aliphatic heterocycles. The van der Waals surface area contributed by atoms with Gasteiger partial charge < -0.3 is 5.32 Å². The third kappa shape index (κ3) is 6.18. The highest BCUT2D eigenvalue weighted by Crippen LogP contribution is 2.32. The van der Waals surface area contributed by atoms with Gasteiger partial charge in [-0.2, -0.15) is 13.2 Å². The number of pyridine rings is 1. The summed E-state index contributed by atoms with van der Waals surface area (Å²) in [6.07, 6.45) is -1.01. The minimum atomic E-state index is -4.44. The lowest BCUT2D eigenvalue weighted by molar-refractivity contribution is -0.137. The molecule has 0 saturated heterocycles. The van der Waals surface area contributed by atoms with Gasteiger partial charge in [0.1, 0.15) is 10.7 Å². The van der Waals surface area contributed by atoms with Crippen LogP contribution in [0.25, 0.3) is 17.1 Å². The molecule has 0 spiro atoms. The predicted octanol–water partition coefficient (Wildman–Crippen LogP) is 6.34. The molecule has 0 radical (unpaired) electrons. The third-order valence-corrected chi connectivity index (χ3v) is 7.70. The van der Waals surface area contributed by atoms with Crippen molar-refractivity contribution >= 4 is 29.0 Å². The van der Waals surface area contributed by atoms with Crippen molar-refractivity contribution in [2.45, 2.75) is 30.6 Å². The van der Waals surface area contributed by atoms with Crippen molar-refractivity contribution in [2.24, 2.45) is 0 Å². The number of hydrogen-bond donors (Lipinski definition) is 1. The first-order chi connectivity index (χ1) is 18.8. The lowest BCUT2D eigenvalue weighted by Gasteiger charge is -2.12. The topological polar surface area (TPSA) is 85.6 Å². The van der Waals surface area contributed by atoms with E-state index in [4.69, 9.17) is 0 Å². The first kappa shape index (κ1) is 26.6. The molecule has 2 aromatic carbocycles. The summed E-state index contributed by atoms with van der Waals surface area (Å²) in [4.78, 5) is 21.2. The Balaban J connectivity index is 1.29. The van der Waals surface area contributed by atoms with E-state index in [9.17, 15) is 18.0 Å². The number of nitrogens with one attached hydrogen (secondary N) is 1. The Kier molecular flexibility index (Phi) is 7.75. The number of alkyl halides is 3. The van der Waals surface area contributed by atoms with Crippen LogP contribution in [0, 0.1) is 6.92 Å². The van der Waals surface area contributed by atoms with Crippen LogP contribution >= 0.6 is 23.1 Å². The summed E-state index contributed by atoms with van der Waals surface area (Å²) >= 11 is 2.76. The van der Waals surface area contributed by atoms with E-state index in [1.807, 2.05) is 47.9 Å². The Hall–Kier alpha value is -4.03. The average molecular weight is 567 g/mol. The van der Waals surface area contributed by atoms with E-state index in [1.54, 1.807) is 17.8 Å². The fraction of sp³-hybridized carbons (Fsp3) is 0.148. The van der Waals surface area contributed by atoms with Crippen molar-refractivity contribution in [3.05, 3.63) is 106 Å². The van der Waals surface area contributed by atoms with Crippen LogP contribution in [0.3, 0.4) is 0 Å². The van der Waals surface area contributed by atoms with Gasteiger partial charge in [0.05, 0.1) is 17.0 Å². The van der Waals surface area contributed by atoms with E-state index in [0.717, 1.165) is 28.9 Å². The van der Waals surface area contributed by atoms with Crippen molar-refractivity contribution in [3.8, 4) is 17.1 Å². The number of benzene rings is 2. The molecule has 3 aromatic heterocycles. The zero-order valence-corrected chi connectivity index (χ0v) is 22.1. The predicted molar refractivity (Wildman–Crippen MR) is 144 cm³/mol. The van der Waals surface area contributed by atoms with Gasteiger partial charge in [0.2, 0.25) is 0 Å². The van der Waals surface area contributed by atoms with Crippen molar-refractivity contribution < 1.29 is 18.0 Å². The van der Waals surface area contributed by atoms with Gasteiger partial charge >= 0.3 is 6.18 Å². The Morgan fingerprint density at radius 2 is 1.92 bits per heavy atom. The molecule has 0 aliphatic carbocycles. The summed E-state index contributed by atoms with van der Waals surface area (Å²) in [6, 6.07) is 16.6. The summed E-state index contributed by atoms with van der Waals surface area (Å²) < 4.78 is 40.8. The van der Waals surface area contributed by atoms with Crippen LogP contribution in [0.4, 0.5) is 13.2 Å². The molecule has 39 heavy (non-hydrogen) atoms. The van der Waals surface area contributed by atoms with Gasteiger partial charge in [-0.15, -0.1) is 21.5 Å². The lowest BCUT2D eigenvalue weighted by atomic mass is 10.1. The molecule has 0 unspecified atom stereocenters. The molecule has 7 nitrogen and oxygen atoms in total. The van der Waals surface area contributed by atoms with Gasteiger partial charge in [-0.05, 0) is 48.4 Å². The molecule has 5 aromatic rings. The Morgan fingerprint density at radius 1 is 1.08 bits per heavy atom. The molecule has 198 valence electrons. The van der Waals surface area contributed by atoms with Gasteiger partial charge in [-0.25, -0.2) is 4.98 Å². The molecule has 3 heterocycles. The van der Waals surface area contributed by atoms with Gasteiger partial charge in [-0.1, -0.05) is 42.1 Å². The van der Waals surface area contributed by atoms with E-state index < -0.39 is 17.6 Å². The largest absolute Gasteiger partial charge is 0.416 e. The number of nitrogens with zero attached hydrogens (tertiary/aromatic N) is 5. The fourth-order valence-corrected chi connectivity index (χ4v) is 5.55. The average Bonchev–Trinajstić information content (AvgIpc) is 3.58. The maximum Gasteiger partial charge on any atom is 0.416 e. The molecule has 12 heteroatoms. The van der Waals surface area contributed by atoms with Crippen LogP contribution < -0.4 is 5.32 Å². The number of thioether (sulfide) groups is 1. The number of thiazole rings is 1. The van der Waals surface area contributed by atoms with Gasteiger partial charge in [0.25, 0.3) is 5.91 Å². The highest BCUT2D eigenvalue weighted by molar-refractivity contribution is 7.98. The summed E-state index contributed by atoms with van der Waals surface area (Å²) in [6.45, 7) is 1.98. The second-order valence-electron chi connectivity index (χ2n) is 8.47. The van der Waals surface area contributed by atoms with Crippen LogP contribution in [-0.2, 0) is 18.5 Å². The molecule has 0 saturated carbocycles. The molecule has 0 bridgehead atoms. The molecule has 0 atom stereocenters. The van der Waals surface area contributed by atoms with Gasteiger partial charge in [0.15, 0.2) is 11.0 Å². The fourth-order valence-electron chi connectivity index (χ4n) is 3.82. The second kappa shape index (κ2) is 11.4. The summed E-state index contributed by atoms with van der Waals surface area (Å²) in [5.41, 5.74) is 2.63. The van der Waals surface area contributed by atoms with Crippen molar-refractivity contribution in [1.29, 1.82) is 0 Å². The van der Waals surface area contributed by atoms with Crippen molar-refractivity contribution in [2.75, 3.05) is 0 Å². The normalized spacial score (nSPS) is 11.5. The highest BCUT2D eigenvalue weighted by atomic mass is 32.2. The number of carbonyl (C=O) groups excluding carboxylic acids is 1. The second-order valence-corrected chi connectivity index (χ2v) is 10.4. The van der Waals surface area contributed by atoms with E-state index >= 15 is 0 Å². The van der Waals surface area contributed by atoms with Crippen LogP contribution in [-0.4, -0.2) is 30.6 Å². The van der Waals surface area contributed by atoms with E-state index in [-0.39, 0.29) is 12.2 Å². The summed E-state index contributed by atoms with van der Waals surface area (Å²) in [7, 11) is 0. The molecule has 1 N–H and O–H groups in total. The number of halogens is 3. The number of hydrogen-bond acceptors (Lipinski definition) is 7. The maximum absolute atomic E-state index is 12.9. The first-order valence-corrected chi connectivity index (χ1v) is 13.6. The van der Waals surface area contributed by atoms with E-state index in [2.05, 4.69) is 25.5 Å². The molecular weight excluding hydrogens is 545 g/mol. The summed E-state index contributed by atoms with van der Waals surface area (Å²) in [5.74, 6) is 0.651. The van der Waals surface area contributed by atoms with Crippen LogP contribution in [0.15, 0.2) is 83.6 Å². The third-order valence-electron chi connectivity index (χ3n) is 5.73. The molecule has 5 rings (SSSR count). The van der Waals surface area contributed by atoms with Gasteiger partial charge in [0, 0.05) is 29.9 Å². The lowest BCUT2D eigenvalue weighted by Crippen LogP contribution is -2.23. The monoisotopic (exact) mass is 566 g/mol. The van der Waals surface area contributed by atoms with E-state index in [0.29, 0.717) is 27.3 Å². The minimum Gasteiger partial charge on any atom is -0.347 e. The quantitative estimate of drug-likeness (QED) is 0.221. The molecule has 0 fully saturated rings. The minimum absolute atomic E-state index is 0.0407. The van der Waals surface area contributed by atoms with E-state index in [1.165, 1.54) is 35.2 Å². The number of aromatic nitrogens is 5. The number of aryl methyl sites for hydroxylation is 1. The van der Waals surface area contributed by atoms with Crippen LogP contribution in [0.5, 0.6) is 0 Å². The van der Waals surface area contributed by atoms with Crippen molar-refractivity contribution in [1.82, 2.24) is 30.0 Å². The smallest absolute Gasteiger partial charge is 0.347 e. The zero-order chi connectivity index (χ0) is 27.4. The number of amides is 1. The van der Waals surface area contributed by atoms with Crippen molar-refractivity contribution in [3.63, 3.8) is 0 Å².